The van der Waals surface area contributed by atoms with Crippen LogP contribution in [0.2, 0.25) is 0 Å². The molecule has 0 radical (unpaired) electrons. The van der Waals surface area contributed by atoms with Crippen LogP contribution in [0.4, 0.5) is 5.82 Å². The van der Waals surface area contributed by atoms with Crippen molar-refractivity contribution in [3.63, 3.8) is 0 Å². The van der Waals surface area contributed by atoms with Crippen molar-refractivity contribution in [1.29, 1.82) is 0 Å². The molecule has 0 bridgehead atoms. The van der Waals surface area contributed by atoms with Crippen molar-refractivity contribution in [2.75, 3.05) is 19.5 Å². The van der Waals surface area contributed by atoms with E-state index in [1.807, 2.05) is 24.4 Å². The van der Waals surface area contributed by atoms with Crippen LogP contribution >= 0.6 is 11.3 Å². The monoisotopic (exact) mass is 451 g/mol. The van der Waals surface area contributed by atoms with E-state index in [1.54, 1.807) is 24.3 Å². The second kappa shape index (κ2) is 9.06. The minimum absolute atomic E-state index is 0.217. The Hall–Kier alpha value is -3.92. The van der Waals surface area contributed by atoms with Crippen LogP contribution in [0.3, 0.4) is 0 Å². The van der Waals surface area contributed by atoms with Gasteiger partial charge in [0, 0.05) is 23.9 Å². The summed E-state index contributed by atoms with van der Waals surface area (Å²) in [5.41, 5.74) is 1.28. The Morgan fingerprint density at radius 1 is 1.19 bits per heavy atom. The molecule has 10 heteroatoms. The molecule has 3 aromatic heterocycles. The first kappa shape index (κ1) is 21.3. The number of H-pyrrole nitrogens is 1. The van der Waals surface area contributed by atoms with Gasteiger partial charge in [0.15, 0.2) is 0 Å². The second-order valence-corrected chi connectivity index (χ2v) is 7.69. The summed E-state index contributed by atoms with van der Waals surface area (Å²) in [5.74, 6) is 1.10. The Labute approximate surface area is 187 Å². The van der Waals surface area contributed by atoms with E-state index in [4.69, 9.17) is 9.47 Å². The van der Waals surface area contributed by atoms with E-state index < -0.39 is 5.91 Å². The smallest absolute Gasteiger partial charge is 0.260 e. The van der Waals surface area contributed by atoms with E-state index in [-0.39, 0.29) is 11.5 Å². The third kappa shape index (κ3) is 4.26. The van der Waals surface area contributed by atoms with Crippen LogP contribution < -0.4 is 20.3 Å². The molecule has 0 atom stereocenters. The fourth-order valence-electron chi connectivity index (χ4n) is 3.12. The Morgan fingerprint density at radius 3 is 2.72 bits per heavy atom. The molecule has 32 heavy (non-hydrogen) atoms. The van der Waals surface area contributed by atoms with Gasteiger partial charge in [0.1, 0.15) is 23.0 Å². The summed E-state index contributed by atoms with van der Waals surface area (Å²) in [6, 6.07) is 11.9. The maximum Gasteiger partial charge on any atom is 0.260 e. The maximum absolute atomic E-state index is 13.1. The molecule has 3 heterocycles. The van der Waals surface area contributed by atoms with Crippen molar-refractivity contribution in [2.24, 2.45) is 0 Å². The van der Waals surface area contributed by atoms with Crippen molar-refractivity contribution < 1.29 is 14.3 Å². The number of ether oxygens (including phenoxy) is 2. The highest BCUT2D eigenvalue weighted by atomic mass is 32.1. The molecule has 4 rings (SSSR count). The van der Waals surface area contributed by atoms with E-state index in [9.17, 15) is 9.59 Å². The van der Waals surface area contributed by atoms with Gasteiger partial charge in [-0.05, 0) is 30.0 Å². The topological polar surface area (TPSA) is 111 Å². The number of hydrogen-bond donors (Lipinski definition) is 2. The lowest BCUT2D eigenvalue weighted by Gasteiger charge is -2.12. The molecule has 4 aromatic rings. The SMILES string of the molecule is CCc1cc(=O)[nH]c(-n2nc(-c3cccs3)cc2NC(=O)c2ccc(OC)cc2OC)n1. The molecule has 0 saturated carbocycles. The standard InChI is InChI=1S/C22H21N5O4S/c1-4-13-10-20(28)25-22(23-13)27-19(12-16(26-27)18-6-5-9-32-18)24-21(29)15-8-7-14(30-2)11-17(15)31-3/h5-12H,4H2,1-3H3,(H,24,29)(H,23,25,28). The maximum atomic E-state index is 13.1. The van der Waals surface area contributed by atoms with Crippen molar-refractivity contribution in [1.82, 2.24) is 19.7 Å². The minimum atomic E-state index is -0.405. The number of carbonyl (C=O) groups excluding carboxylic acids is 1. The zero-order chi connectivity index (χ0) is 22.7. The average Bonchev–Trinajstić information content (AvgIpc) is 3.48. The molecule has 0 saturated heterocycles. The van der Waals surface area contributed by atoms with Crippen molar-refractivity contribution >= 4 is 23.1 Å². The zero-order valence-corrected chi connectivity index (χ0v) is 18.5. The van der Waals surface area contributed by atoms with E-state index >= 15 is 0 Å². The summed E-state index contributed by atoms with van der Waals surface area (Å²) in [7, 11) is 3.02. The molecule has 9 nitrogen and oxygen atoms in total. The third-order valence-corrected chi connectivity index (χ3v) is 5.62. The fourth-order valence-corrected chi connectivity index (χ4v) is 3.80. The predicted octanol–water partition coefficient (Wildman–Crippen LogP) is 3.52. The van der Waals surface area contributed by atoms with Crippen molar-refractivity contribution in [3.05, 3.63) is 69.5 Å². The molecule has 0 aliphatic carbocycles. The highest BCUT2D eigenvalue weighted by Gasteiger charge is 2.19. The van der Waals surface area contributed by atoms with Gasteiger partial charge < -0.3 is 14.8 Å². The molecule has 1 aromatic carbocycles. The van der Waals surface area contributed by atoms with Crippen LogP contribution in [0.5, 0.6) is 11.5 Å². The summed E-state index contributed by atoms with van der Waals surface area (Å²) >= 11 is 1.51. The van der Waals surface area contributed by atoms with Gasteiger partial charge in [0.25, 0.3) is 11.5 Å². The Kier molecular flexibility index (Phi) is 6.04. The molecular formula is C22H21N5O4S. The number of nitrogens with one attached hydrogen (secondary N) is 2. The van der Waals surface area contributed by atoms with E-state index in [1.165, 1.54) is 36.3 Å². The first-order chi connectivity index (χ1) is 15.5. The van der Waals surface area contributed by atoms with E-state index in [0.29, 0.717) is 40.7 Å². The van der Waals surface area contributed by atoms with Gasteiger partial charge in [-0.1, -0.05) is 13.0 Å². The Balaban J connectivity index is 1.77. The van der Waals surface area contributed by atoms with Crippen molar-refractivity contribution in [2.45, 2.75) is 13.3 Å². The highest BCUT2D eigenvalue weighted by Crippen LogP contribution is 2.29. The molecule has 0 aliphatic rings. The van der Waals surface area contributed by atoms with Gasteiger partial charge in [-0.25, -0.2) is 4.98 Å². The van der Waals surface area contributed by atoms with Crippen LogP contribution in [0.25, 0.3) is 16.5 Å². The van der Waals surface area contributed by atoms with Crippen LogP contribution in [-0.4, -0.2) is 39.9 Å². The highest BCUT2D eigenvalue weighted by molar-refractivity contribution is 7.13. The van der Waals surface area contributed by atoms with E-state index in [0.717, 1.165) is 4.88 Å². The first-order valence-electron chi connectivity index (χ1n) is 9.80. The van der Waals surface area contributed by atoms with Crippen LogP contribution in [-0.2, 0) is 6.42 Å². The summed E-state index contributed by atoms with van der Waals surface area (Å²) in [5, 5.41) is 9.38. The lowest BCUT2D eigenvalue weighted by Crippen LogP contribution is -2.19. The van der Waals surface area contributed by atoms with Gasteiger partial charge in [-0.15, -0.1) is 11.3 Å². The minimum Gasteiger partial charge on any atom is -0.497 e. The predicted molar refractivity (Wildman–Crippen MR) is 122 cm³/mol. The van der Waals surface area contributed by atoms with Gasteiger partial charge in [-0.3, -0.25) is 14.6 Å². The first-order valence-corrected chi connectivity index (χ1v) is 10.7. The number of anilines is 1. The number of aryl methyl sites for hydroxylation is 1. The molecule has 0 spiro atoms. The van der Waals surface area contributed by atoms with Gasteiger partial charge >= 0.3 is 0 Å². The molecular weight excluding hydrogens is 430 g/mol. The Bertz CT molecular complexity index is 1310. The molecule has 2 N–H and O–H groups in total. The molecule has 164 valence electrons. The summed E-state index contributed by atoms with van der Waals surface area (Å²) < 4.78 is 12.0. The molecule has 0 aliphatic heterocycles. The summed E-state index contributed by atoms with van der Waals surface area (Å²) in [6.45, 7) is 1.91. The number of aromatic amines is 1. The Morgan fingerprint density at radius 2 is 2.03 bits per heavy atom. The summed E-state index contributed by atoms with van der Waals surface area (Å²) in [4.78, 5) is 33.3. The molecule has 0 unspecified atom stereocenters. The van der Waals surface area contributed by atoms with Crippen LogP contribution in [0.15, 0.2) is 52.6 Å². The number of nitrogens with zero attached hydrogens (tertiary/aromatic N) is 3. The number of carbonyl (C=O) groups is 1. The van der Waals surface area contributed by atoms with Gasteiger partial charge in [0.2, 0.25) is 5.95 Å². The van der Waals surface area contributed by atoms with Crippen LogP contribution in [0, 0.1) is 0 Å². The number of amides is 1. The molecule has 0 fully saturated rings. The lowest BCUT2D eigenvalue weighted by molar-refractivity contribution is 0.102. The molecule has 1 amide bonds. The quantitative estimate of drug-likeness (QED) is 0.445. The number of aromatic nitrogens is 4. The third-order valence-electron chi connectivity index (χ3n) is 4.72. The average molecular weight is 452 g/mol. The second-order valence-electron chi connectivity index (χ2n) is 6.74. The van der Waals surface area contributed by atoms with Gasteiger partial charge in [-0.2, -0.15) is 9.78 Å². The zero-order valence-electron chi connectivity index (χ0n) is 17.7. The van der Waals surface area contributed by atoms with Crippen molar-refractivity contribution in [3.8, 4) is 28.0 Å². The lowest BCUT2D eigenvalue weighted by atomic mass is 10.1. The largest absolute Gasteiger partial charge is 0.497 e. The summed E-state index contributed by atoms with van der Waals surface area (Å²) in [6.07, 6.45) is 0.584. The normalized spacial score (nSPS) is 10.7. The number of benzene rings is 1. The number of hydrogen-bond acceptors (Lipinski definition) is 7. The number of methoxy groups -OCH3 is 2. The van der Waals surface area contributed by atoms with E-state index in [2.05, 4.69) is 20.4 Å². The fraction of sp³-hybridized carbons (Fsp3) is 0.182. The number of rotatable bonds is 7. The number of thiophene rings is 1. The van der Waals surface area contributed by atoms with Gasteiger partial charge in [0.05, 0.1) is 24.7 Å². The van der Waals surface area contributed by atoms with Crippen LogP contribution in [0.1, 0.15) is 23.0 Å².